The number of benzene rings is 2. The van der Waals surface area contributed by atoms with Crippen LogP contribution in [0.1, 0.15) is 96.8 Å². The third-order valence-electron chi connectivity index (χ3n) is 12.5. The van der Waals surface area contributed by atoms with Gasteiger partial charge in [-0.25, -0.2) is 12.8 Å². The maximum Gasteiger partial charge on any atom is 0.210 e. The van der Waals surface area contributed by atoms with Crippen molar-refractivity contribution in [2.24, 2.45) is 0 Å². The van der Waals surface area contributed by atoms with Crippen molar-refractivity contribution in [2.45, 2.75) is 124 Å². The fourth-order valence-corrected chi connectivity index (χ4v) is 11.1. The molecule has 3 saturated heterocycles. The molecule has 316 valence electrons. The second kappa shape index (κ2) is 21.5. The number of pyridine rings is 1. The van der Waals surface area contributed by atoms with Crippen LogP contribution >= 0.6 is 0 Å². The van der Waals surface area contributed by atoms with Crippen LogP contribution in [0.3, 0.4) is 0 Å². The molecule has 1 atom stereocenters. The number of fused-ring (bicyclic) bond motifs is 1. The molecule has 3 aromatic rings. The van der Waals surface area contributed by atoms with Gasteiger partial charge in [0.2, 0.25) is 9.84 Å². The van der Waals surface area contributed by atoms with Crippen molar-refractivity contribution in [1.82, 2.24) is 19.7 Å². The molecule has 2 aromatic carbocycles. The van der Waals surface area contributed by atoms with Crippen molar-refractivity contribution in [3.63, 3.8) is 0 Å². The number of ether oxygens (including phenoxy) is 1. The highest BCUT2D eigenvalue weighted by Crippen LogP contribution is 2.39. The Morgan fingerprint density at radius 1 is 0.807 bits per heavy atom. The van der Waals surface area contributed by atoms with Crippen molar-refractivity contribution >= 4 is 37.2 Å². The lowest BCUT2D eigenvalue weighted by Gasteiger charge is -2.46. The number of sulfone groups is 1. The third kappa shape index (κ3) is 11.5. The SMILES string of the molecule is CCCCCCCCCCCCOc1ccc(S(=O)(=O)c2cnc3ccc([S@](C)=O)cc3c2N2CCC(N3CCC(N4CCN(CCO)CC4)CC3)CC2)cc1F. The smallest absolute Gasteiger partial charge is 0.210 e. The Balaban J connectivity index is 1.10. The van der Waals surface area contributed by atoms with Gasteiger partial charge in [0.05, 0.1) is 29.3 Å². The first-order chi connectivity index (χ1) is 27.7. The van der Waals surface area contributed by atoms with Crippen LogP contribution in [0.4, 0.5) is 10.1 Å². The summed E-state index contributed by atoms with van der Waals surface area (Å²) in [7, 11) is -5.47. The van der Waals surface area contributed by atoms with Crippen LogP contribution < -0.4 is 9.64 Å². The fraction of sp³-hybridized carbons (Fsp3) is 0.659. The number of piperidine rings is 2. The van der Waals surface area contributed by atoms with E-state index in [1.165, 1.54) is 63.3 Å². The van der Waals surface area contributed by atoms with Crippen LogP contribution in [-0.4, -0.2) is 128 Å². The van der Waals surface area contributed by atoms with Crippen LogP contribution in [-0.2, 0) is 20.6 Å². The van der Waals surface area contributed by atoms with Crippen LogP contribution in [0.25, 0.3) is 10.9 Å². The van der Waals surface area contributed by atoms with Gasteiger partial charge in [0.15, 0.2) is 11.6 Å². The number of aromatic nitrogens is 1. The first-order valence-corrected chi connectivity index (χ1v) is 24.7. The second-order valence-corrected chi connectivity index (χ2v) is 19.6. The molecule has 0 unspecified atom stereocenters. The highest BCUT2D eigenvalue weighted by Gasteiger charge is 2.34. The molecule has 0 bridgehead atoms. The van der Waals surface area contributed by atoms with Gasteiger partial charge in [-0.1, -0.05) is 64.7 Å². The molecule has 0 aliphatic carbocycles. The Labute approximate surface area is 343 Å². The van der Waals surface area contributed by atoms with E-state index in [-0.39, 0.29) is 22.1 Å². The number of piperazine rings is 1. The minimum absolute atomic E-state index is 0.0332. The lowest BCUT2D eigenvalue weighted by Crippen LogP contribution is -2.55. The van der Waals surface area contributed by atoms with E-state index in [0.29, 0.717) is 53.3 Å². The molecule has 1 N–H and O–H groups in total. The van der Waals surface area contributed by atoms with Crippen molar-refractivity contribution in [3.8, 4) is 5.75 Å². The maximum atomic E-state index is 15.5. The van der Waals surface area contributed by atoms with E-state index in [4.69, 9.17) is 4.74 Å². The van der Waals surface area contributed by atoms with Gasteiger partial charge in [-0.3, -0.25) is 19.0 Å². The van der Waals surface area contributed by atoms with E-state index in [0.717, 1.165) is 96.8 Å². The molecule has 10 nitrogen and oxygen atoms in total. The molecular formula is C44H66FN5O5S2. The first kappa shape index (κ1) is 43.9. The van der Waals surface area contributed by atoms with E-state index < -0.39 is 26.5 Å². The summed E-state index contributed by atoms with van der Waals surface area (Å²) in [5.74, 6) is -0.640. The Morgan fingerprint density at radius 2 is 1.42 bits per heavy atom. The normalized spacial score (nSPS) is 19.1. The van der Waals surface area contributed by atoms with Gasteiger partial charge < -0.3 is 19.6 Å². The standard InChI is InChI=1S/C44H66FN5O5S2/c1-3-4-5-6-7-8-9-10-11-12-31-55-42-16-14-38(33-40(42)45)57(53,54)43-34-46-41-15-13-37(56(2)52)32-39(41)44(43)50-23-19-35(20-24-50)48-21-17-36(18-22-48)49-27-25-47(26-28-49)29-30-51/h13-16,32-36,51H,3-12,17-31H2,1-2H3/t56-/m0/s1. The number of hydrogen-bond acceptors (Lipinski definition) is 10. The van der Waals surface area contributed by atoms with E-state index in [2.05, 4.69) is 31.5 Å². The quantitative estimate of drug-likeness (QED) is 0.117. The Hall–Kier alpha value is -2.68. The topological polar surface area (TPSA) is 107 Å². The number of likely N-dealkylation sites (tertiary alicyclic amines) is 1. The summed E-state index contributed by atoms with van der Waals surface area (Å²) < 4.78 is 62.7. The Bertz CT molecular complexity index is 1860. The molecule has 13 heteroatoms. The average Bonchev–Trinajstić information content (AvgIpc) is 3.23. The number of halogens is 1. The van der Waals surface area contributed by atoms with E-state index >= 15 is 4.39 Å². The predicted octanol–water partition coefficient (Wildman–Crippen LogP) is 7.29. The Kier molecular flexibility index (Phi) is 16.6. The summed E-state index contributed by atoms with van der Waals surface area (Å²) in [6, 6.07) is 10.3. The number of β-amino-alcohol motifs (C(OH)–C–C–N with tert-alkyl or cyclic N) is 1. The summed E-state index contributed by atoms with van der Waals surface area (Å²) in [6.45, 7) is 11.2. The molecule has 4 heterocycles. The molecular weight excluding hydrogens is 762 g/mol. The van der Waals surface area contributed by atoms with Gasteiger partial charge >= 0.3 is 0 Å². The van der Waals surface area contributed by atoms with Crippen molar-refractivity contribution in [2.75, 3.05) is 83.3 Å². The molecule has 0 saturated carbocycles. The van der Waals surface area contributed by atoms with Crippen molar-refractivity contribution in [1.29, 1.82) is 0 Å². The molecule has 0 amide bonds. The lowest BCUT2D eigenvalue weighted by atomic mass is 9.96. The van der Waals surface area contributed by atoms with Crippen LogP contribution in [0.2, 0.25) is 0 Å². The largest absolute Gasteiger partial charge is 0.491 e. The molecule has 0 radical (unpaired) electrons. The lowest BCUT2D eigenvalue weighted by molar-refractivity contribution is 0.0396. The van der Waals surface area contributed by atoms with Crippen LogP contribution in [0.5, 0.6) is 5.75 Å². The molecule has 3 aliphatic rings. The van der Waals surface area contributed by atoms with Gasteiger partial charge in [-0.15, -0.1) is 0 Å². The van der Waals surface area contributed by atoms with Gasteiger partial charge in [-0.05, 0) is 81.6 Å². The van der Waals surface area contributed by atoms with Gasteiger partial charge in [-0.2, -0.15) is 0 Å². The monoisotopic (exact) mass is 827 g/mol. The zero-order valence-corrected chi connectivity index (χ0v) is 36.0. The second-order valence-electron chi connectivity index (χ2n) is 16.3. The zero-order valence-electron chi connectivity index (χ0n) is 34.4. The number of anilines is 1. The molecule has 0 spiro atoms. The maximum absolute atomic E-state index is 15.5. The van der Waals surface area contributed by atoms with Gasteiger partial charge in [0.1, 0.15) is 4.90 Å². The number of rotatable bonds is 20. The van der Waals surface area contributed by atoms with E-state index in [1.54, 1.807) is 24.5 Å². The summed E-state index contributed by atoms with van der Waals surface area (Å²) >= 11 is 0. The molecule has 57 heavy (non-hydrogen) atoms. The highest BCUT2D eigenvalue weighted by molar-refractivity contribution is 7.91. The molecule has 3 fully saturated rings. The van der Waals surface area contributed by atoms with E-state index in [9.17, 15) is 17.7 Å². The Morgan fingerprint density at radius 3 is 2.04 bits per heavy atom. The summed E-state index contributed by atoms with van der Waals surface area (Å²) in [5.41, 5.74) is 1.17. The zero-order chi connectivity index (χ0) is 40.2. The number of aliphatic hydroxyl groups is 1. The third-order valence-corrected chi connectivity index (χ3v) is 15.2. The highest BCUT2D eigenvalue weighted by atomic mass is 32.2. The first-order valence-electron chi connectivity index (χ1n) is 21.7. The van der Waals surface area contributed by atoms with Gasteiger partial charge in [0, 0.05) is 91.4 Å². The minimum Gasteiger partial charge on any atom is -0.491 e. The average molecular weight is 828 g/mol. The minimum atomic E-state index is -4.19. The fourth-order valence-electron chi connectivity index (χ4n) is 9.07. The number of nitrogens with zero attached hydrogens (tertiary/aromatic N) is 5. The van der Waals surface area contributed by atoms with Crippen LogP contribution in [0, 0.1) is 5.82 Å². The number of unbranched alkanes of at least 4 members (excludes halogenated alkanes) is 9. The number of hydrogen-bond donors (Lipinski definition) is 1. The summed E-state index contributed by atoms with van der Waals surface area (Å²) in [6.07, 6.45) is 19.1. The molecule has 6 rings (SSSR count). The predicted molar refractivity (Wildman–Crippen MR) is 228 cm³/mol. The summed E-state index contributed by atoms with van der Waals surface area (Å²) in [4.78, 5) is 14.8. The van der Waals surface area contributed by atoms with Gasteiger partial charge in [0.25, 0.3) is 0 Å². The van der Waals surface area contributed by atoms with Crippen LogP contribution in [0.15, 0.2) is 57.3 Å². The number of aliphatic hydroxyl groups excluding tert-OH is 1. The summed E-state index contributed by atoms with van der Waals surface area (Å²) in [5, 5.41) is 9.94. The molecule has 1 aromatic heterocycles. The molecule has 3 aliphatic heterocycles. The van der Waals surface area contributed by atoms with Crippen molar-refractivity contribution < 1.29 is 26.9 Å². The van der Waals surface area contributed by atoms with E-state index in [1.807, 2.05) is 0 Å². The van der Waals surface area contributed by atoms with Crippen molar-refractivity contribution in [3.05, 3.63) is 48.4 Å².